The Bertz CT molecular complexity index is 971. The molecule has 0 bridgehead atoms. The van der Waals surface area contributed by atoms with Gasteiger partial charge in [-0.2, -0.15) is 0 Å². The number of hydrogen-bond donors (Lipinski definition) is 2. The number of benzene rings is 3. The Morgan fingerprint density at radius 1 is 1.00 bits per heavy atom. The van der Waals surface area contributed by atoms with Gasteiger partial charge in [0, 0.05) is 34.9 Å². The van der Waals surface area contributed by atoms with E-state index in [2.05, 4.69) is 24.5 Å². The van der Waals surface area contributed by atoms with Crippen LogP contribution in [0, 0.1) is 5.92 Å². The molecule has 0 aliphatic heterocycles. The summed E-state index contributed by atoms with van der Waals surface area (Å²) < 4.78 is 5.82. The van der Waals surface area contributed by atoms with Gasteiger partial charge in [-0.1, -0.05) is 61.8 Å². The highest BCUT2D eigenvalue weighted by Gasteiger charge is 2.07. The van der Waals surface area contributed by atoms with Crippen LogP contribution in [0.25, 0.3) is 0 Å². The van der Waals surface area contributed by atoms with Crippen molar-refractivity contribution in [1.82, 2.24) is 5.32 Å². The second kappa shape index (κ2) is 10.7. The van der Waals surface area contributed by atoms with Crippen molar-refractivity contribution < 1.29 is 9.53 Å². The standard InChI is InChI=1S/C25H27ClN2O2/c1-18(2)15-28-25(29)20-7-5-8-22(14-20)27-16-19-10-12-23(13-11-19)30-17-21-6-3-4-9-24(21)26/h3-14,18,27H,15-17H2,1-2H3,(H,28,29). The lowest BCUT2D eigenvalue weighted by molar-refractivity contribution is 0.0949. The Kier molecular flexibility index (Phi) is 7.75. The van der Waals surface area contributed by atoms with Crippen LogP contribution in [-0.2, 0) is 13.2 Å². The molecule has 0 saturated carbocycles. The normalized spacial score (nSPS) is 10.7. The Morgan fingerprint density at radius 3 is 2.50 bits per heavy atom. The van der Waals surface area contributed by atoms with Crippen molar-refractivity contribution in [2.75, 3.05) is 11.9 Å². The highest BCUT2D eigenvalue weighted by Crippen LogP contribution is 2.19. The van der Waals surface area contributed by atoms with Crippen LogP contribution >= 0.6 is 11.6 Å². The average molecular weight is 423 g/mol. The van der Waals surface area contributed by atoms with Crippen LogP contribution in [0.15, 0.2) is 72.8 Å². The molecule has 0 unspecified atom stereocenters. The van der Waals surface area contributed by atoms with Crippen LogP contribution in [0.3, 0.4) is 0 Å². The van der Waals surface area contributed by atoms with E-state index in [4.69, 9.17) is 16.3 Å². The summed E-state index contributed by atoms with van der Waals surface area (Å²) in [5, 5.41) is 7.02. The predicted octanol–water partition coefficient (Wildman–Crippen LogP) is 5.92. The van der Waals surface area contributed by atoms with Gasteiger partial charge in [0.25, 0.3) is 5.91 Å². The number of halogens is 1. The van der Waals surface area contributed by atoms with Crippen molar-refractivity contribution in [2.24, 2.45) is 5.92 Å². The summed E-state index contributed by atoms with van der Waals surface area (Å²) in [7, 11) is 0. The van der Waals surface area contributed by atoms with Crippen molar-refractivity contribution in [1.29, 1.82) is 0 Å². The summed E-state index contributed by atoms with van der Waals surface area (Å²) in [6, 6.07) is 23.1. The third-order valence-corrected chi connectivity index (χ3v) is 4.94. The predicted molar refractivity (Wildman–Crippen MR) is 123 cm³/mol. The Morgan fingerprint density at radius 2 is 1.77 bits per heavy atom. The van der Waals surface area contributed by atoms with Crippen molar-refractivity contribution >= 4 is 23.2 Å². The number of carbonyl (C=O) groups is 1. The average Bonchev–Trinajstić information content (AvgIpc) is 2.76. The lowest BCUT2D eigenvalue weighted by Gasteiger charge is -2.11. The molecule has 0 spiro atoms. The van der Waals surface area contributed by atoms with Gasteiger partial charge in [-0.25, -0.2) is 0 Å². The number of anilines is 1. The summed E-state index contributed by atoms with van der Waals surface area (Å²) in [6.07, 6.45) is 0. The number of nitrogens with one attached hydrogen (secondary N) is 2. The zero-order valence-electron chi connectivity index (χ0n) is 17.3. The first-order valence-electron chi connectivity index (χ1n) is 10.1. The Labute approximate surface area is 183 Å². The number of ether oxygens (including phenoxy) is 1. The SMILES string of the molecule is CC(C)CNC(=O)c1cccc(NCc2ccc(OCc3ccccc3Cl)cc2)c1. The van der Waals surface area contributed by atoms with Crippen molar-refractivity contribution in [3.8, 4) is 5.75 Å². The molecule has 3 aromatic rings. The van der Waals surface area contributed by atoms with Crippen LogP contribution in [0.5, 0.6) is 5.75 Å². The molecule has 0 aromatic heterocycles. The zero-order valence-corrected chi connectivity index (χ0v) is 18.1. The molecule has 0 radical (unpaired) electrons. The Balaban J connectivity index is 1.52. The van der Waals surface area contributed by atoms with Crippen molar-refractivity contribution in [2.45, 2.75) is 27.0 Å². The van der Waals surface area contributed by atoms with Gasteiger partial charge in [0.1, 0.15) is 12.4 Å². The Hall–Kier alpha value is -2.98. The first-order valence-corrected chi connectivity index (χ1v) is 10.5. The van der Waals surface area contributed by atoms with Gasteiger partial charge < -0.3 is 15.4 Å². The van der Waals surface area contributed by atoms with Crippen molar-refractivity contribution in [3.63, 3.8) is 0 Å². The summed E-state index contributed by atoms with van der Waals surface area (Å²) in [6.45, 7) is 5.91. The molecule has 0 atom stereocenters. The minimum Gasteiger partial charge on any atom is -0.489 e. The quantitative estimate of drug-likeness (QED) is 0.450. The molecule has 0 heterocycles. The van der Waals surface area contributed by atoms with E-state index in [1.165, 1.54) is 0 Å². The highest BCUT2D eigenvalue weighted by molar-refractivity contribution is 6.31. The summed E-state index contributed by atoms with van der Waals surface area (Å²) in [5.41, 5.74) is 3.65. The van der Waals surface area contributed by atoms with E-state index in [-0.39, 0.29) is 5.91 Å². The fourth-order valence-corrected chi connectivity index (χ4v) is 3.04. The number of carbonyl (C=O) groups excluding carboxylic acids is 1. The first kappa shape index (κ1) is 21.7. The lowest BCUT2D eigenvalue weighted by Crippen LogP contribution is -2.27. The van der Waals surface area contributed by atoms with Gasteiger partial charge >= 0.3 is 0 Å². The summed E-state index contributed by atoms with van der Waals surface area (Å²) in [5.74, 6) is 1.17. The number of rotatable bonds is 9. The molecule has 0 fully saturated rings. The monoisotopic (exact) mass is 422 g/mol. The molecule has 2 N–H and O–H groups in total. The van der Waals surface area contributed by atoms with Crippen LogP contribution in [0.1, 0.15) is 35.3 Å². The third kappa shape index (κ3) is 6.53. The van der Waals surface area contributed by atoms with Crippen LogP contribution in [0.4, 0.5) is 5.69 Å². The molecule has 5 heteroatoms. The minimum absolute atomic E-state index is 0.0487. The maximum absolute atomic E-state index is 12.2. The molecule has 0 aliphatic rings. The van der Waals surface area contributed by atoms with E-state index in [0.717, 1.165) is 22.6 Å². The largest absolute Gasteiger partial charge is 0.489 e. The zero-order chi connectivity index (χ0) is 21.3. The first-order chi connectivity index (χ1) is 14.5. The molecule has 30 heavy (non-hydrogen) atoms. The fraction of sp³-hybridized carbons (Fsp3) is 0.240. The second-order valence-electron chi connectivity index (χ2n) is 7.56. The van der Waals surface area contributed by atoms with E-state index >= 15 is 0 Å². The molecule has 0 aliphatic carbocycles. The lowest BCUT2D eigenvalue weighted by atomic mass is 10.1. The molecule has 1 amide bonds. The van der Waals surface area contributed by atoms with Crippen LogP contribution in [0.2, 0.25) is 5.02 Å². The summed E-state index contributed by atoms with van der Waals surface area (Å²) >= 11 is 6.16. The fourth-order valence-electron chi connectivity index (χ4n) is 2.85. The van der Waals surface area contributed by atoms with Crippen LogP contribution < -0.4 is 15.4 Å². The maximum Gasteiger partial charge on any atom is 0.251 e. The van der Waals surface area contributed by atoms with Gasteiger partial charge in [0.15, 0.2) is 0 Å². The van der Waals surface area contributed by atoms with Gasteiger partial charge in [-0.05, 0) is 47.9 Å². The van der Waals surface area contributed by atoms with E-state index in [0.29, 0.717) is 36.2 Å². The van der Waals surface area contributed by atoms with Gasteiger partial charge in [-0.15, -0.1) is 0 Å². The van der Waals surface area contributed by atoms with Gasteiger partial charge in [0.05, 0.1) is 0 Å². The topological polar surface area (TPSA) is 50.4 Å². The molecule has 3 rings (SSSR count). The summed E-state index contributed by atoms with van der Waals surface area (Å²) in [4.78, 5) is 12.2. The van der Waals surface area contributed by atoms with Gasteiger partial charge in [0.2, 0.25) is 0 Å². The number of amides is 1. The second-order valence-corrected chi connectivity index (χ2v) is 7.97. The third-order valence-electron chi connectivity index (χ3n) is 4.57. The smallest absolute Gasteiger partial charge is 0.251 e. The molecule has 4 nitrogen and oxygen atoms in total. The van der Waals surface area contributed by atoms with E-state index in [9.17, 15) is 4.79 Å². The molecule has 3 aromatic carbocycles. The molecule has 156 valence electrons. The van der Waals surface area contributed by atoms with E-state index in [1.807, 2.05) is 72.8 Å². The van der Waals surface area contributed by atoms with E-state index in [1.54, 1.807) is 0 Å². The van der Waals surface area contributed by atoms with Crippen molar-refractivity contribution in [3.05, 3.63) is 94.5 Å². The molecular formula is C25H27ClN2O2. The highest BCUT2D eigenvalue weighted by atomic mass is 35.5. The molecule has 0 saturated heterocycles. The molecular weight excluding hydrogens is 396 g/mol. The minimum atomic E-state index is -0.0487. The number of hydrogen-bond acceptors (Lipinski definition) is 3. The maximum atomic E-state index is 12.2. The van der Waals surface area contributed by atoms with E-state index < -0.39 is 0 Å². The van der Waals surface area contributed by atoms with Gasteiger partial charge in [-0.3, -0.25) is 4.79 Å². The van der Waals surface area contributed by atoms with Crippen LogP contribution in [-0.4, -0.2) is 12.5 Å².